The molecular weight excluding hydrogens is 579 g/mol. The second-order valence-electron chi connectivity index (χ2n) is 8.08. The average molecular weight is 613 g/mol. The van der Waals surface area contributed by atoms with Crippen LogP contribution in [0.5, 0.6) is 0 Å². The molecule has 1 rings (SSSR count). The van der Waals surface area contributed by atoms with Crippen LogP contribution in [0.3, 0.4) is 0 Å². The van der Waals surface area contributed by atoms with E-state index in [4.69, 9.17) is 5.73 Å². The Hall–Kier alpha value is -1.38. The van der Waals surface area contributed by atoms with Crippen LogP contribution in [0.4, 0.5) is 0 Å². The van der Waals surface area contributed by atoms with E-state index < -0.39 is 45.9 Å². The van der Waals surface area contributed by atoms with Gasteiger partial charge in [-0.1, -0.05) is 26.0 Å². The predicted octanol–water partition coefficient (Wildman–Crippen LogP) is 0.963. The second kappa shape index (κ2) is 14.1. The third-order valence-electron chi connectivity index (χ3n) is 4.88. The van der Waals surface area contributed by atoms with Gasteiger partial charge in [0, 0.05) is 15.7 Å². The molecule has 0 fully saturated rings. The molecule has 12 heteroatoms. The van der Waals surface area contributed by atoms with Crippen molar-refractivity contribution in [3.63, 3.8) is 0 Å². The molecule has 0 saturated heterocycles. The number of hydrogen-bond acceptors (Lipinski definition) is 6. The molecule has 0 aromatic heterocycles. The SMILES string of the molecule is CCS(=O)(=O)N[C@@H](CCC(C)C)C(=O)N[C@@H](Cc1ccc(I)cc1)C(=O)N[C@@H](CS)C(N)=O. The summed E-state index contributed by atoms with van der Waals surface area (Å²) >= 11 is 6.19. The number of amides is 3. The third kappa shape index (κ3) is 11.1. The van der Waals surface area contributed by atoms with Gasteiger partial charge in [-0.3, -0.25) is 14.4 Å². The van der Waals surface area contributed by atoms with Gasteiger partial charge in [0.2, 0.25) is 27.7 Å². The molecule has 0 unspecified atom stereocenters. The first-order valence-electron chi connectivity index (χ1n) is 10.6. The molecule has 0 heterocycles. The van der Waals surface area contributed by atoms with Crippen LogP contribution in [0.2, 0.25) is 0 Å². The number of carbonyl (C=O) groups excluding carboxylic acids is 3. The van der Waals surface area contributed by atoms with E-state index in [1.807, 2.05) is 38.1 Å². The smallest absolute Gasteiger partial charge is 0.243 e. The van der Waals surface area contributed by atoms with Gasteiger partial charge in [0.1, 0.15) is 18.1 Å². The molecule has 1 aromatic carbocycles. The van der Waals surface area contributed by atoms with E-state index in [1.165, 1.54) is 6.92 Å². The zero-order chi connectivity index (χ0) is 25.2. The highest BCUT2D eigenvalue weighted by atomic mass is 127. The van der Waals surface area contributed by atoms with Crippen molar-refractivity contribution >= 4 is 63.0 Å². The molecule has 33 heavy (non-hydrogen) atoms. The van der Waals surface area contributed by atoms with E-state index in [0.29, 0.717) is 6.42 Å². The predicted molar refractivity (Wildman–Crippen MR) is 140 cm³/mol. The molecule has 0 aliphatic heterocycles. The molecule has 186 valence electrons. The van der Waals surface area contributed by atoms with Crippen molar-refractivity contribution in [1.82, 2.24) is 15.4 Å². The topological polar surface area (TPSA) is 147 Å². The fourth-order valence-electron chi connectivity index (χ4n) is 2.86. The Morgan fingerprint density at radius 2 is 1.55 bits per heavy atom. The first-order valence-corrected chi connectivity index (χ1v) is 14.0. The lowest BCUT2D eigenvalue weighted by molar-refractivity contribution is -0.131. The summed E-state index contributed by atoms with van der Waals surface area (Å²) in [6, 6.07) is 4.31. The summed E-state index contributed by atoms with van der Waals surface area (Å²) in [7, 11) is -3.65. The zero-order valence-electron chi connectivity index (χ0n) is 19.0. The van der Waals surface area contributed by atoms with Crippen molar-refractivity contribution in [2.75, 3.05) is 11.5 Å². The zero-order valence-corrected chi connectivity index (χ0v) is 22.9. The standard InChI is InChI=1S/C21H33IN4O5S2/c1-4-33(30,31)26-16(10-5-13(2)3)20(28)24-17(11-14-6-8-15(22)9-7-14)21(29)25-18(12-32)19(23)27/h6-9,13,16-18,26,32H,4-5,10-12H2,1-3H3,(H2,23,27)(H,24,28)(H,25,29)/t16-,17-,18-/m0/s1. The Kier molecular flexibility index (Phi) is 12.7. The molecule has 0 spiro atoms. The number of primary amides is 1. The maximum Gasteiger partial charge on any atom is 0.243 e. The summed E-state index contributed by atoms with van der Waals surface area (Å²) < 4.78 is 27.7. The number of halogens is 1. The second-order valence-corrected chi connectivity index (χ2v) is 11.7. The van der Waals surface area contributed by atoms with E-state index in [2.05, 4.69) is 50.6 Å². The lowest BCUT2D eigenvalue weighted by Crippen LogP contribution is -2.57. The summed E-state index contributed by atoms with van der Waals surface area (Å²) in [6.07, 6.45) is 1.03. The summed E-state index contributed by atoms with van der Waals surface area (Å²) in [4.78, 5) is 37.6. The highest BCUT2D eigenvalue weighted by molar-refractivity contribution is 14.1. The number of hydrogen-bond donors (Lipinski definition) is 5. The van der Waals surface area contributed by atoms with Gasteiger partial charge in [-0.25, -0.2) is 13.1 Å². The van der Waals surface area contributed by atoms with Crippen LogP contribution in [-0.2, 0) is 30.8 Å². The van der Waals surface area contributed by atoms with Crippen LogP contribution in [0.15, 0.2) is 24.3 Å². The van der Waals surface area contributed by atoms with Crippen LogP contribution in [0.1, 0.15) is 39.2 Å². The van der Waals surface area contributed by atoms with Crippen molar-refractivity contribution in [1.29, 1.82) is 0 Å². The van der Waals surface area contributed by atoms with Gasteiger partial charge in [-0.05, 0) is 66.0 Å². The quantitative estimate of drug-likeness (QED) is 0.157. The number of thiol groups is 1. The Balaban J connectivity index is 3.14. The number of rotatable bonds is 14. The molecule has 1 aromatic rings. The van der Waals surface area contributed by atoms with E-state index >= 15 is 0 Å². The summed E-state index contributed by atoms with van der Waals surface area (Å²) in [5.41, 5.74) is 6.08. The summed E-state index contributed by atoms with van der Waals surface area (Å²) in [6.45, 7) is 5.42. The molecule has 9 nitrogen and oxygen atoms in total. The Morgan fingerprint density at radius 1 is 1.00 bits per heavy atom. The summed E-state index contributed by atoms with van der Waals surface area (Å²) in [5.74, 6) is -1.89. The Bertz CT molecular complexity index is 910. The van der Waals surface area contributed by atoms with E-state index in [9.17, 15) is 22.8 Å². The number of nitrogens with two attached hydrogens (primary N) is 1. The van der Waals surface area contributed by atoms with Crippen LogP contribution >= 0.6 is 35.2 Å². The Labute approximate surface area is 215 Å². The number of benzene rings is 1. The molecule has 0 bridgehead atoms. The van der Waals surface area contributed by atoms with Gasteiger partial charge < -0.3 is 16.4 Å². The van der Waals surface area contributed by atoms with E-state index in [0.717, 1.165) is 9.13 Å². The molecular formula is C21H33IN4O5S2. The van der Waals surface area contributed by atoms with E-state index in [-0.39, 0.29) is 30.3 Å². The highest BCUT2D eigenvalue weighted by Gasteiger charge is 2.30. The first kappa shape index (κ1) is 29.7. The molecule has 0 radical (unpaired) electrons. The highest BCUT2D eigenvalue weighted by Crippen LogP contribution is 2.12. The third-order valence-corrected chi connectivity index (χ3v) is 7.37. The minimum atomic E-state index is -3.65. The van der Waals surface area contributed by atoms with Crippen LogP contribution < -0.4 is 21.1 Å². The number of carbonyl (C=O) groups is 3. The van der Waals surface area contributed by atoms with Gasteiger partial charge >= 0.3 is 0 Å². The lowest BCUT2D eigenvalue weighted by Gasteiger charge is -2.25. The molecule has 0 saturated carbocycles. The van der Waals surface area contributed by atoms with Crippen molar-refractivity contribution in [3.8, 4) is 0 Å². The Morgan fingerprint density at radius 3 is 2.03 bits per heavy atom. The fourth-order valence-corrected chi connectivity index (χ4v) is 4.32. The fraction of sp³-hybridized carbons (Fsp3) is 0.571. The van der Waals surface area contributed by atoms with Crippen LogP contribution in [-0.4, -0.2) is 55.8 Å². The van der Waals surface area contributed by atoms with E-state index in [1.54, 1.807) is 0 Å². The van der Waals surface area contributed by atoms with Gasteiger partial charge in [0.05, 0.1) is 5.75 Å². The molecule has 3 amide bonds. The maximum absolute atomic E-state index is 13.1. The van der Waals surface area contributed by atoms with Crippen molar-refractivity contribution in [2.24, 2.45) is 11.7 Å². The normalized spacial score (nSPS) is 14.4. The largest absolute Gasteiger partial charge is 0.368 e. The number of nitrogens with one attached hydrogen (secondary N) is 3. The minimum Gasteiger partial charge on any atom is -0.368 e. The number of sulfonamides is 1. The van der Waals surface area contributed by atoms with Gasteiger partial charge in [-0.15, -0.1) is 0 Å². The molecule has 0 aliphatic rings. The monoisotopic (exact) mass is 612 g/mol. The van der Waals surface area contributed by atoms with Crippen molar-refractivity contribution < 1.29 is 22.8 Å². The van der Waals surface area contributed by atoms with Crippen LogP contribution in [0, 0.1) is 9.49 Å². The van der Waals surface area contributed by atoms with Crippen LogP contribution in [0.25, 0.3) is 0 Å². The molecule has 5 N–H and O–H groups in total. The van der Waals surface area contributed by atoms with Gasteiger partial charge in [0.25, 0.3) is 0 Å². The maximum atomic E-state index is 13.1. The van der Waals surface area contributed by atoms with Gasteiger partial charge in [0.15, 0.2) is 0 Å². The summed E-state index contributed by atoms with van der Waals surface area (Å²) in [5, 5.41) is 5.17. The first-order chi connectivity index (χ1) is 15.4. The van der Waals surface area contributed by atoms with Gasteiger partial charge in [-0.2, -0.15) is 12.6 Å². The minimum absolute atomic E-state index is 0.00140. The lowest BCUT2D eigenvalue weighted by atomic mass is 10.0. The van der Waals surface area contributed by atoms with Crippen molar-refractivity contribution in [2.45, 2.75) is 58.2 Å². The van der Waals surface area contributed by atoms with Crippen molar-refractivity contribution in [3.05, 3.63) is 33.4 Å². The molecule has 0 aliphatic carbocycles. The molecule has 3 atom stereocenters. The average Bonchev–Trinajstić information content (AvgIpc) is 2.75.